The summed E-state index contributed by atoms with van der Waals surface area (Å²) in [6.07, 6.45) is 2.01. The van der Waals surface area contributed by atoms with Crippen LogP contribution in [0.2, 0.25) is 0 Å². The van der Waals surface area contributed by atoms with Crippen LogP contribution >= 0.6 is 0 Å². The van der Waals surface area contributed by atoms with Gasteiger partial charge in [0.2, 0.25) is 0 Å². The Labute approximate surface area is 126 Å². The van der Waals surface area contributed by atoms with Crippen molar-refractivity contribution in [2.75, 3.05) is 14.2 Å². The number of aliphatic carboxylic acids is 1. The Kier molecular flexibility index (Phi) is 6.03. The number of nitrogens with two attached hydrogens (primary N) is 1. The summed E-state index contributed by atoms with van der Waals surface area (Å²) in [6.45, 7) is 3.60. The van der Waals surface area contributed by atoms with Crippen LogP contribution in [0.4, 0.5) is 0 Å². The van der Waals surface area contributed by atoms with Crippen LogP contribution in [0.3, 0.4) is 0 Å². The van der Waals surface area contributed by atoms with E-state index < -0.39 is 11.5 Å². The molecular weight excluding hydrogens is 270 g/mol. The Morgan fingerprint density at radius 1 is 1.38 bits per heavy atom. The predicted octanol–water partition coefficient (Wildman–Crippen LogP) is 2.46. The molecule has 0 heterocycles. The molecule has 0 bridgehead atoms. The van der Waals surface area contributed by atoms with E-state index in [4.69, 9.17) is 20.3 Å². The molecule has 0 saturated heterocycles. The minimum Gasteiger partial charge on any atom is -0.497 e. The van der Waals surface area contributed by atoms with Gasteiger partial charge in [0.05, 0.1) is 14.2 Å². The van der Waals surface area contributed by atoms with E-state index in [1.54, 1.807) is 21.1 Å². The predicted molar refractivity (Wildman–Crippen MR) is 81.9 cm³/mol. The van der Waals surface area contributed by atoms with E-state index in [1.165, 1.54) is 0 Å². The van der Waals surface area contributed by atoms with Gasteiger partial charge in [0, 0.05) is 6.07 Å². The zero-order valence-electron chi connectivity index (χ0n) is 13.2. The standard InChI is InChI=1S/C16H25NO4/c1-5-11(10-16(2,17)15(18)19)8-12-6-7-13(20-3)9-14(12)21-4/h6-7,9,11H,5,8,10,17H2,1-4H3,(H,18,19). The SMILES string of the molecule is CCC(Cc1ccc(OC)cc1OC)CC(C)(N)C(=O)O. The van der Waals surface area contributed by atoms with Crippen molar-refractivity contribution in [3.05, 3.63) is 23.8 Å². The largest absolute Gasteiger partial charge is 0.497 e. The molecule has 0 radical (unpaired) electrons. The van der Waals surface area contributed by atoms with Crippen LogP contribution in [-0.2, 0) is 11.2 Å². The molecule has 1 aromatic rings. The van der Waals surface area contributed by atoms with Crippen molar-refractivity contribution in [1.82, 2.24) is 0 Å². The molecule has 0 amide bonds. The maximum absolute atomic E-state index is 11.2. The average molecular weight is 295 g/mol. The Hall–Kier alpha value is -1.75. The molecule has 21 heavy (non-hydrogen) atoms. The third-order valence-electron chi connectivity index (χ3n) is 3.78. The van der Waals surface area contributed by atoms with Gasteiger partial charge in [0.15, 0.2) is 0 Å². The Morgan fingerprint density at radius 2 is 2.05 bits per heavy atom. The van der Waals surface area contributed by atoms with E-state index in [0.29, 0.717) is 6.42 Å². The average Bonchev–Trinajstić information content (AvgIpc) is 2.46. The highest BCUT2D eigenvalue weighted by Crippen LogP contribution is 2.30. The van der Waals surface area contributed by atoms with Gasteiger partial charge < -0.3 is 20.3 Å². The van der Waals surface area contributed by atoms with Crippen LogP contribution < -0.4 is 15.2 Å². The lowest BCUT2D eigenvalue weighted by Crippen LogP contribution is -2.46. The highest BCUT2D eigenvalue weighted by Gasteiger charge is 2.31. The van der Waals surface area contributed by atoms with Crippen LogP contribution in [0.15, 0.2) is 18.2 Å². The van der Waals surface area contributed by atoms with E-state index in [-0.39, 0.29) is 5.92 Å². The number of rotatable bonds is 8. The second-order valence-electron chi connectivity index (χ2n) is 5.58. The smallest absolute Gasteiger partial charge is 0.323 e. The molecule has 0 spiro atoms. The first-order chi connectivity index (χ1) is 9.83. The zero-order chi connectivity index (χ0) is 16.0. The molecule has 0 saturated carbocycles. The first-order valence-corrected chi connectivity index (χ1v) is 7.07. The maximum atomic E-state index is 11.2. The number of carboxylic acids is 1. The first kappa shape index (κ1) is 17.3. The summed E-state index contributed by atoms with van der Waals surface area (Å²) in [5.41, 5.74) is 5.68. The topological polar surface area (TPSA) is 81.8 Å². The Morgan fingerprint density at radius 3 is 2.52 bits per heavy atom. The van der Waals surface area contributed by atoms with Crippen molar-refractivity contribution in [2.24, 2.45) is 11.7 Å². The van der Waals surface area contributed by atoms with Crippen molar-refractivity contribution in [1.29, 1.82) is 0 Å². The molecule has 0 aromatic heterocycles. The van der Waals surface area contributed by atoms with Gasteiger partial charge in [-0.1, -0.05) is 19.4 Å². The maximum Gasteiger partial charge on any atom is 0.323 e. The summed E-state index contributed by atoms with van der Waals surface area (Å²) >= 11 is 0. The highest BCUT2D eigenvalue weighted by atomic mass is 16.5. The van der Waals surface area contributed by atoms with Gasteiger partial charge in [0.1, 0.15) is 17.0 Å². The minimum atomic E-state index is -1.21. The van der Waals surface area contributed by atoms with E-state index in [1.807, 2.05) is 25.1 Å². The number of hydrogen-bond donors (Lipinski definition) is 2. The molecule has 0 aliphatic carbocycles. The number of ether oxygens (including phenoxy) is 2. The summed E-state index contributed by atoms with van der Waals surface area (Å²) < 4.78 is 10.6. The summed E-state index contributed by atoms with van der Waals surface area (Å²) in [5.74, 6) is 0.695. The van der Waals surface area contributed by atoms with Gasteiger partial charge in [-0.15, -0.1) is 0 Å². The molecular formula is C16H25NO4. The summed E-state index contributed by atoms with van der Waals surface area (Å²) in [6, 6.07) is 5.67. The van der Waals surface area contributed by atoms with Gasteiger partial charge in [-0.2, -0.15) is 0 Å². The Bertz CT molecular complexity index is 485. The molecule has 2 atom stereocenters. The normalized spacial score (nSPS) is 15.1. The molecule has 5 nitrogen and oxygen atoms in total. The fraction of sp³-hybridized carbons (Fsp3) is 0.562. The molecule has 0 fully saturated rings. The summed E-state index contributed by atoms with van der Waals surface area (Å²) in [7, 11) is 3.22. The van der Waals surface area contributed by atoms with Crippen LogP contribution in [0.1, 0.15) is 32.3 Å². The lowest BCUT2D eigenvalue weighted by atomic mass is 9.84. The molecule has 3 N–H and O–H groups in total. The fourth-order valence-electron chi connectivity index (χ4n) is 2.38. The lowest BCUT2D eigenvalue weighted by Gasteiger charge is -2.25. The zero-order valence-corrected chi connectivity index (χ0v) is 13.2. The second kappa shape index (κ2) is 7.31. The first-order valence-electron chi connectivity index (χ1n) is 7.07. The van der Waals surface area contributed by atoms with Crippen molar-refractivity contribution in [3.63, 3.8) is 0 Å². The number of benzene rings is 1. The number of carbonyl (C=O) groups is 1. The van der Waals surface area contributed by atoms with Crippen LogP contribution in [0.25, 0.3) is 0 Å². The van der Waals surface area contributed by atoms with Crippen LogP contribution in [-0.4, -0.2) is 30.8 Å². The van der Waals surface area contributed by atoms with Crippen molar-refractivity contribution in [2.45, 2.75) is 38.6 Å². The third kappa shape index (κ3) is 4.63. The van der Waals surface area contributed by atoms with Crippen molar-refractivity contribution >= 4 is 5.97 Å². The number of methoxy groups -OCH3 is 2. The molecule has 0 aliphatic heterocycles. The Balaban J connectivity index is 2.89. The van der Waals surface area contributed by atoms with Gasteiger partial charge in [-0.05, 0) is 37.3 Å². The molecule has 1 aromatic carbocycles. The monoisotopic (exact) mass is 295 g/mol. The highest BCUT2D eigenvalue weighted by molar-refractivity contribution is 5.77. The second-order valence-corrected chi connectivity index (χ2v) is 5.58. The fourth-order valence-corrected chi connectivity index (χ4v) is 2.38. The van der Waals surface area contributed by atoms with E-state index in [0.717, 1.165) is 29.9 Å². The summed E-state index contributed by atoms with van der Waals surface area (Å²) in [4.78, 5) is 11.2. The van der Waals surface area contributed by atoms with Gasteiger partial charge >= 0.3 is 5.97 Å². The summed E-state index contributed by atoms with van der Waals surface area (Å²) in [5, 5.41) is 9.15. The van der Waals surface area contributed by atoms with Crippen molar-refractivity contribution in [3.8, 4) is 11.5 Å². The molecule has 0 aliphatic rings. The van der Waals surface area contributed by atoms with Crippen LogP contribution in [0.5, 0.6) is 11.5 Å². The van der Waals surface area contributed by atoms with Crippen molar-refractivity contribution < 1.29 is 19.4 Å². The minimum absolute atomic E-state index is 0.179. The van der Waals surface area contributed by atoms with E-state index in [2.05, 4.69) is 0 Å². The van der Waals surface area contributed by atoms with Gasteiger partial charge in [-0.3, -0.25) is 4.79 Å². The molecule has 1 rings (SSSR count). The molecule has 2 unspecified atom stereocenters. The number of hydrogen-bond acceptors (Lipinski definition) is 4. The van der Waals surface area contributed by atoms with Crippen LogP contribution in [0, 0.1) is 5.92 Å². The molecule has 118 valence electrons. The van der Waals surface area contributed by atoms with E-state index >= 15 is 0 Å². The van der Waals surface area contributed by atoms with E-state index in [9.17, 15) is 4.79 Å². The quantitative estimate of drug-likeness (QED) is 0.770. The lowest BCUT2D eigenvalue weighted by molar-refractivity contribution is -0.143. The number of carboxylic acid groups (broad SMARTS) is 1. The third-order valence-corrected chi connectivity index (χ3v) is 3.78. The van der Waals surface area contributed by atoms with Gasteiger partial charge in [0.25, 0.3) is 0 Å². The molecule has 5 heteroatoms. The van der Waals surface area contributed by atoms with Gasteiger partial charge in [-0.25, -0.2) is 0 Å².